The number of hydrogen-bond acceptors (Lipinski definition) is 4. The molecule has 0 N–H and O–H groups in total. The first-order valence-electron chi connectivity index (χ1n) is 4.35. The third kappa shape index (κ3) is 1.17. The normalized spacial score (nSPS) is 16.8. The van der Waals surface area contributed by atoms with Crippen molar-refractivity contribution in [3.63, 3.8) is 0 Å². The summed E-state index contributed by atoms with van der Waals surface area (Å²) in [4.78, 5) is 2.10. The van der Waals surface area contributed by atoms with Crippen molar-refractivity contribution in [1.82, 2.24) is 10.2 Å². The topological polar surface area (TPSA) is 42.2 Å². The molecule has 0 bridgehead atoms. The standard InChI is InChI=1S/C8H13N3O/c1-6(2)7-9-10-8(12-7)11-4-3-5-11/h6H,3-5H2,1-2H3. The Labute approximate surface area is 71.6 Å². The average Bonchev–Trinajstić information content (AvgIpc) is 2.32. The van der Waals surface area contributed by atoms with E-state index in [1.807, 2.05) is 13.8 Å². The van der Waals surface area contributed by atoms with E-state index in [0.717, 1.165) is 19.0 Å². The Morgan fingerprint density at radius 2 is 2.08 bits per heavy atom. The number of aromatic nitrogens is 2. The Hall–Kier alpha value is -1.06. The highest BCUT2D eigenvalue weighted by Crippen LogP contribution is 2.21. The number of hydrogen-bond donors (Lipinski definition) is 0. The van der Waals surface area contributed by atoms with E-state index in [-0.39, 0.29) is 0 Å². The molecule has 1 fully saturated rings. The molecule has 1 aliphatic heterocycles. The van der Waals surface area contributed by atoms with E-state index in [0.29, 0.717) is 11.9 Å². The molecule has 4 heteroatoms. The summed E-state index contributed by atoms with van der Waals surface area (Å²) in [5.74, 6) is 1.06. The smallest absolute Gasteiger partial charge is 0.318 e. The zero-order chi connectivity index (χ0) is 8.55. The van der Waals surface area contributed by atoms with Gasteiger partial charge < -0.3 is 9.32 Å². The van der Waals surface area contributed by atoms with Gasteiger partial charge in [0, 0.05) is 19.0 Å². The lowest BCUT2D eigenvalue weighted by atomic mass is 10.2. The maximum absolute atomic E-state index is 5.45. The lowest BCUT2D eigenvalue weighted by Gasteiger charge is -2.28. The summed E-state index contributed by atoms with van der Waals surface area (Å²) in [7, 11) is 0. The molecular formula is C8H13N3O. The van der Waals surface area contributed by atoms with Gasteiger partial charge in [-0.3, -0.25) is 0 Å². The molecule has 66 valence electrons. The molecule has 0 radical (unpaired) electrons. The van der Waals surface area contributed by atoms with Crippen LogP contribution in [0.2, 0.25) is 0 Å². The Bertz CT molecular complexity index is 265. The third-order valence-electron chi connectivity index (χ3n) is 2.05. The van der Waals surface area contributed by atoms with Crippen LogP contribution >= 0.6 is 0 Å². The van der Waals surface area contributed by atoms with Crippen molar-refractivity contribution in [3.05, 3.63) is 5.89 Å². The Morgan fingerprint density at radius 3 is 2.50 bits per heavy atom. The highest BCUT2D eigenvalue weighted by Gasteiger charge is 2.20. The molecule has 0 amide bonds. The fraction of sp³-hybridized carbons (Fsp3) is 0.750. The quantitative estimate of drug-likeness (QED) is 0.667. The van der Waals surface area contributed by atoms with Gasteiger partial charge in [0.25, 0.3) is 0 Å². The predicted molar refractivity (Wildman–Crippen MR) is 45.2 cm³/mol. The van der Waals surface area contributed by atoms with Crippen LogP contribution in [-0.2, 0) is 0 Å². The van der Waals surface area contributed by atoms with Gasteiger partial charge in [0.2, 0.25) is 5.89 Å². The molecule has 0 aliphatic carbocycles. The van der Waals surface area contributed by atoms with Gasteiger partial charge in [-0.2, -0.15) is 0 Å². The van der Waals surface area contributed by atoms with Crippen LogP contribution in [-0.4, -0.2) is 23.3 Å². The predicted octanol–water partition coefficient (Wildman–Crippen LogP) is 1.40. The SMILES string of the molecule is CC(C)c1nnc(N2CCC2)o1. The lowest BCUT2D eigenvalue weighted by Crippen LogP contribution is -2.37. The largest absolute Gasteiger partial charge is 0.408 e. The van der Waals surface area contributed by atoms with E-state index in [4.69, 9.17) is 4.42 Å². The molecule has 1 aliphatic rings. The van der Waals surface area contributed by atoms with E-state index < -0.39 is 0 Å². The van der Waals surface area contributed by atoms with Crippen molar-refractivity contribution < 1.29 is 4.42 Å². The second kappa shape index (κ2) is 2.77. The number of nitrogens with zero attached hydrogens (tertiary/aromatic N) is 3. The Kier molecular flexibility index (Phi) is 1.75. The summed E-state index contributed by atoms with van der Waals surface area (Å²) < 4.78 is 5.45. The number of anilines is 1. The maximum Gasteiger partial charge on any atom is 0.318 e. The minimum absolute atomic E-state index is 0.326. The summed E-state index contributed by atoms with van der Waals surface area (Å²) in [5.41, 5.74) is 0. The maximum atomic E-state index is 5.45. The Morgan fingerprint density at radius 1 is 1.33 bits per heavy atom. The molecule has 1 saturated heterocycles. The molecule has 2 heterocycles. The molecule has 0 spiro atoms. The van der Waals surface area contributed by atoms with Gasteiger partial charge in [0.05, 0.1) is 0 Å². The molecule has 0 saturated carbocycles. The van der Waals surface area contributed by atoms with Crippen molar-refractivity contribution in [2.45, 2.75) is 26.2 Å². The van der Waals surface area contributed by atoms with Crippen LogP contribution in [0.1, 0.15) is 32.1 Å². The zero-order valence-corrected chi connectivity index (χ0v) is 7.45. The van der Waals surface area contributed by atoms with Gasteiger partial charge in [0.1, 0.15) is 0 Å². The molecule has 0 atom stereocenters. The van der Waals surface area contributed by atoms with Gasteiger partial charge in [-0.25, -0.2) is 0 Å². The second-order valence-corrected chi connectivity index (χ2v) is 3.42. The molecule has 0 unspecified atom stereocenters. The molecule has 1 aromatic rings. The van der Waals surface area contributed by atoms with E-state index in [1.54, 1.807) is 0 Å². The summed E-state index contributed by atoms with van der Waals surface area (Å²) in [5, 5.41) is 7.93. The van der Waals surface area contributed by atoms with Gasteiger partial charge in [-0.1, -0.05) is 18.9 Å². The number of rotatable bonds is 2. The van der Waals surface area contributed by atoms with Crippen LogP contribution < -0.4 is 4.90 Å². The van der Waals surface area contributed by atoms with Crippen molar-refractivity contribution in [2.75, 3.05) is 18.0 Å². The van der Waals surface area contributed by atoms with Crippen molar-refractivity contribution >= 4 is 6.01 Å². The molecule has 2 rings (SSSR count). The average molecular weight is 167 g/mol. The van der Waals surface area contributed by atoms with Crippen LogP contribution in [0.4, 0.5) is 6.01 Å². The molecule has 0 aromatic carbocycles. The van der Waals surface area contributed by atoms with E-state index in [2.05, 4.69) is 15.1 Å². The lowest BCUT2D eigenvalue weighted by molar-refractivity contribution is 0.442. The monoisotopic (exact) mass is 167 g/mol. The first-order valence-corrected chi connectivity index (χ1v) is 4.35. The van der Waals surface area contributed by atoms with Gasteiger partial charge >= 0.3 is 6.01 Å². The van der Waals surface area contributed by atoms with Crippen LogP contribution in [0.3, 0.4) is 0 Å². The summed E-state index contributed by atoms with van der Waals surface area (Å²) in [6.45, 7) is 6.21. The molecule has 12 heavy (non-hydrogen) atoms. The second-order valence-electron chi connectivity index (χ2n) is 3.42. The molecule has 1 aromatic heterocycles. The van der Waals surface area contributed by atoms with Crippen molar-refractivity contribution in [1.29, 1.82) is 0 Å². The first kappa shape index (κ1) is 7.58. The molecule has 4 nitrogen and oxygen atoms in total. The summed E-state index contributed by atoms with van der Waals surface area (Å²) in [6.07, 6.45) is 1.24. The summed E-state index contributed by atoms with van der Waals surface area (Å²) in [6, 6.07) is 0.685. The fourth-order valence-corrected chi connectivity index (χ4v) is 1.10. The zero-order valence-electron chi connectivity index (χ0n) is 7.45. The minimum Gasteiger partial charge on any atom is -0.408 e. The van der Waals surface area contributed by atoms with E-state index >= 15 is 0 Å². The summed E-state index contributed by atoms with van der Waals surface area (Å²) >= 11 is 0. The van der Waals surface area contributed by atoms with Crippen LogP contribution in [0.5, 0.6) is 0 Å². The highest BCUT2D eigenvalue weighted by molar-refractivity contribution is 5.27. The van der Waals surface area contributed by atoms with Gasteiger partial charge in [-0.15, -0.1) is 5.10 Å². The van der Waals surface area contributed by atoms with E-state index in [9.17, 15) is 0 Å². The Balaban J connectivity index is 2.12. The van der Waals surface area contributed by atoms with Gasteiger partial charge in [0.15, 0.2) is 0 Å². The molecular weight excluding hydrogens is 154 g/mol. The highest BCUT2D eigenvalue weighted by atomic mass is 16.4. The van der Waals surface area contributed by atoms with Crippen LogP contribution in [0.25, 0.3) is 0 Å². The minimum atomic E-state index is 0.326. The van der Waals surface area contributed by atoms with Gasteiger partial charge in [-0.05, 0) is 6.42 Å². The first-order chi connectivity index (χ1) is 5.77. The van der Waals surface area contributed by atoms with Crippen molar-refractivity contribution in [2.24, 2.45) is 0 Å². The van der Waals surface area contributed by atoms with Crippen LogP contribution in [0.15, 0.2) is 4.42 Å². The van der Waals surface area contributed by atoms with E-state index in [1.165, 1.54) is 6.42 Å². The fourth-order valence-electron chi connectivity index (χ4n) is 1.10. The van der Waals surface area contributed by atoms with Crippen LogP contribution in [0, 0.1) is 0 Å². The third-order valence-corrected chi connectivity index (χ3v) is 2.05. The van der Waals surface area contributed by atoms with Crippen molar-refractivity contribution in [3.8, 4) is 0 Å².